The lowest BCUT2D eigenvalue weighted by atomic mass is 9.98. The van der Waals surface area contributed by atoms with Crippen LogP contribution in [0.5, 0.6) is 5.75 Å². The van der Waals surface area contributed by atoms with Gasteiger partial charge in [-0.2, -0.15) is 0 Å². The van der Waals surface area contributed by atoms with E-state index in [1.807, 2.05) is 13.8 Å². The Bertz CT molecular complexity index is 890. The summed E-state index contributed by atoms with van der Waals surface area (Å²) in [6.07, 6.45) is 2.13. The number of nitrogens with one attached hydrogen (secondary N) is 3. The van der Waals surface area contributed by atoms with Crippen molar-refractivity contribution < 1.29 is 29.4 Å². The molecule has 208 valence electrons. The van der Waals surface area contributed by atoms with Crippen molar-refractivity contribution in [2.24, 2.45) is 23.3 Å². The first-order chi connectivity index (χ1) is 17.3. The van der Waals surface area contributed by atoms with Gasteiger partial charge >= 0.3 is 5.97 Å². The highest BCUT2D eigenvalue weighted by atomic mass is 16.4. The molecule has 0 aliphatic rings. The average molecular weight is 522 g/mol. The van der Waals surface area contributed by atoms with E-state index in [9.17, 15) is 29.4 Å². The van der Waals surface area contributed by atoms with E-state index < -0.39 is 47.9 Å². The molecule has 1 rings (SSSR count). The Morgan fingerprint density at radius 2 is 1.46 bits per heavy atom. The lowest BCUT2D eigenvalue weighted by molar-refractivity contribution is -0.142. The lowest BCUT2D eigenvalue weighted by Crippen LogP contribution is -2.58. The summed E-state index contributed by atoms with van der Waals surface area (Å²) in [5.74, 6) is -3.11. The standard InChI is InChI=1S/C26H43N5O6/c1-15(2)13-20(24(34)30-21(26(36)37)14-17-8-10-18(32)11-9-17)29-25(35)22(16(3)4)31-23(33)19(28)7-5-6-12-27/h8-11,15-16,19-22,32H,5-7,12-14,27-28H2,1-4H3,(H,29,35)(H,30,34)(H,31,33)(H,36,37). The van der Waals surface area contributed by atoms with Crippen LogP contribution >= 0.6 is 0 Å². The van der Waals surface area contributed by atoms with Gasteiger partial charge < -0.3 is 37.6 Å². The van der Waals surface area contributed by atoms with Gasteiger partial charge in [0, 0.05) is 6.42 Å². The minimum absolute atomic E-state index is 0.00355. The molecular weight excluding hydrogens is 478 g/mol. The van der Waals surface area contributed by atoms with Crippen molar-refractivity contribution in [3.8, 4) is 5.75 Å². The Hall–Kier alpha value is -3.18. The molecule has 1 aromatic carbocycles. The maximum Gasteiger partial charge on any atom is 0.326 e. The van der Waals surface area contributed by atoms with Crippen molar-refractivity contribution in [3.63, 3.8) is 0 Å². The number of rotatable bonds is 16. The molecule has 0 aliphatic carbocycles. The van der Waals surface area contributed by atoms with Gasteiger partial charge in [0.2, 0.25) is 17.7 Å². The third kappa shape index (κ3) is 11.6. The second-order valence-corrected chi connectivity index (χ2v) is 10.1. The molecule has 3 amide bonds. The van der Waals surface area contributed by atoms with E-state index in [2.05, 4.69) is 16.0 Å². The summed E-state index contributed by atoms with van der Waals surface area (Å²) in [6, 6.07) is 2.05. The van der Waals surface area contributed by atoms with E-state index in [0.717, 1.165) is 6.42 Å². The molecule has 37 heavy (non-hydrogen) atoms. The molecule has 4 unspecified atom stereocenters. The largest absolute Gasteiger partial charge is 0.508 e. The van der Waals surface area contributed by atoms with Gasteiger partial charge in [0.05, 0.1) is 6.04 Å². The topological polar surface area (TPSA) is 197 Å². The van der Waals surface area contributed by atoms with Gasteiger partial charge in [-0.3, -0.25) is 14.4 Å². The number of hydrogen-bond donors (Lipinski definition) is 7. The van der Waals surface area contributed by atoms with E-state index >= 15 is 0 Å². The highest BCUT2D eigenvalue weighted by molar-refractivity contribution is 5.94. The number of benzene rings is 1. The van der Waals surface area contributed by atoms with Gasteiger partial charge in [0.1, 0.15) is 23.9 Å². The third-order valence-corrected chi connectivity index (χ3v) is 5.88. The first kappa shape index (κ1) is 31.8. The van der Waals surface area contributed by atoms with Crippen LogP contribution in [0.3, 0.4) is 0 Å². The molecular formula is C26H43N5O6. The Labute approximate surface area is 218 Å². The highest BCUT2D eigenvalue weighted by Gasteiger charge is 2.32. The molecule has 0 saturated carbocycles. The summed E-state index contributed by atoms with van der Waals surface area (Å²) in [4.78, 5) is 50.6. The SMILES string of the molecule is CC(C)CC(NC(=O)C(NC(=O)C(N)CCCCN)C(C)C)C(=O)NC(Cc1ccc(O)cc1)C(=O)O. The minimum Gasteiger partial charge on any atom is -0.508 e. The van der Waals surface area contributed by atoms with E-state index in [1.165, 1.54) is 12.1 Å². The van der Waals surface area contributed by atoms with Gasteiger partial charge in [-0.15, -0.1) is 0 Å². The molecule has 1 aromatic rings. The quantitative estimate of drug-likeness (QED) is 0.154. The fourth-order valence-corrected chi connectivity index (χ4v) is 3.74. The van der Waals surface area contributed by atoms with Crippen LogP contribution in [-0.2, 0) is 25.6 Å². The number of carbonyl (C=O) groups is 4. The number of hydrogen-bond acceptors (Lipinski definition) is 7. The van der Waals surface area contributed by atoms with Crippen LogP contribution in [0.4, 0.5) is 0 Å². The molecule has 9 N–H and O–H groups in total. The zero-order valence-corrected chi connectivity index (χ0v) is 22.2. The Kier molecular flexibility index (Phi) is 13.6. The van der Waals surface area contributed by atoms with Crippen LogP contribution in [0.2, 0.25) is 0 Å². The first-order valence-electron chi connectivity index (χ1n) is 12.7. The van der Waals surface area contributed by atoms with E-state index in [0.29, 0.717) is 24.9 Å². The summed E-state index contributed by atoms with van der Waals surface area (Å²) in [7, 11) is 0. The maximum atomic E-state index is 13.1. The summed E-state index contributed by atoms with van der Waals surface area (Å²) >= 11 is 0. The number of amides is 3. The first-order valence-corrected chi connectivity index (χ1v) is 12.7. The van der Waals surface area contributed by atoms with E-state index in [-0.39, 0.29) is 30.4 Å². The van der Waals surface area contributed by atoms with E-state index in [1.54, 1.807) is 26.0 Å². The molecule has 0 fully saturated rings. The summed E-state index contributed by atoms with van der Waals surface area (Å²) in [6.45, 7) is 7.78. The molecule has 0 bridgehead atoms. The van der Waals surface area contributed by atoms with Gasteiger partial charge in [-0.05, 0) is 55.3 Å². The van der Waals surface area contributed by atoms with E-state index in [4.69, 9.17) is 11.5 Å². The summed E-state index contributed by atoms with van der Waals surface area (Å²) in [5, 5.41) is 27.0. The maximum absolute atomic E-state index is 13.1. The predicted octanol–water partition coefficient (Wildman–Crippen LogP) is 0.632. The number of carboxylic acids is 1. The Morgan fingerprint density at radius 3 is 1.97 bits per heavy atom. The average Bonchev–Trinajstić information content (AvgIpc) is 2.82. The van der Waals surface area contributed by atoms with Crippen molar-refractivity contribution in [1.29, 1.82) is 0 Å². The molecule has 11 heteroatoms. The summed E-state index contributed by atoms with van der Waals surface area (Å²) < 4.78 is 0. The van der Waals surface area contributed by atoms with Crippen LogP contribution in [0, 0.1) is 11.8 Å². The smallest absolute Gasteiger partial charge is 0.326 e. The molecule has 0 saturated heterocycles. The predicted molar refractivity (Wildman–Crippen MR) is 140 cm³/mol. The number of unbranched alkanes of at least 4 members (excludes halogenated alkanes) is 1. The minimum atomic E-state index is -1.24. The lowest BCUT2D eigenvalue weighted by Gasteiger charge is -2.27. The van der Waals surface area contributed by atoms with Gasteiger partial charge in [-0.25, -0.2) is 4.79 Å². The summed E-state index contributed by atoms with van der Waals surface area (Å²) in [5.41, 5.74) is 12.0. The number of aliphatic carboxylic acids is 1. The molecule has 0 radical (unpaired) electrons. The number of carboxylic acid groups (broad SMARTS) is 1. The fraction of sp³-hybridized carbons (Fsp3) is 0.615. The van der Waals surface area contributed by atoms with Gasteiger partial charge in [0.25, 0.3) is 0 Å². The molecule has 0 spiro atoms. The van der Waals surface area contributed by atoms with Crippen LogP contribution in [0.25, 0.3) is 0 Å². The highest BCUT2D eigenvalue weighted by Crippen LogP contribution is 2.13. The molecule has 11 nitrogen and oxygen atoms in total. The number of phenolic OH excluding ortho intramolecular Hbond substituents is 1. The second kappa shape index (κ2) is 15.8. The normalized spacial score (nSPS) is 14.5. The van der Waals surface area contributed by atoms with Crippen molar-refractivity contribution in [3.05, 3.63) is 29.8 Å². The molecule has 4 atom stereocenters. The third-order valence-electron chi connectivity index (χ3n) is 5.88. The monoisotopic (exact) mass is 521 g/mol. The Morgan fingerprint density at radius 1 is 0.865 bits per heavy atom. The molecule has 0 heterocycles. The van der Waals surface area contributed by atoms with Crippen LogP contribution in [-0.4, -0.2) is 64.6 Å². The van der Waals surface area contributed by atoms with Gasteiger partial charge in [-0.1, -0.05) is 46.2 Å². The van der Waals surface area contributed by atoms with Crippen molar-refractivity contribution in [2.45, 2.75) is 84.0 Å². The van der Waals surface area contributed by atoms with Crippen LogP contribution in [0.15, 0.2) is 24.3 Å². The molecule has 0 aromatic heterocycles. The number of phenols is 1. The van der Waals surface area contributed by atoms with Crippen LogP contribution in [0.1, 0.15) is 58.9 Å². The second-order valence-electron chi connectivity index (χ2n) is 10.1. The van der Waals surface area contributed by atoms with Crippen molar-refractivity contribution in [2.75, 3.05) is 6.54 Å². The zero-order chi connectivity index (χ0) is 28.1. The van der Waals surface area contributed by atoms with Crippen molar-refractivity contribution >= 4 is 23.7 Å². The van der Waals surface area contributed by atoms with Gasteiger partial charge in [0.15, 0.2) is 0 Å². The fourth-order valence-electron chi connectivity index (χ4n) is 3.74. The molecule has 0 aliphatic heterocycles. The van der Waals surface area contributed by atoms with Crippen molar-refractivity contribution in [1.82, 2.24) is 16.0 Å². The number of aromatic hydroxyl groups is 1. The number of nitrogens with two attached hydrogens (primary N) is 2. The van der Waals surface area contributed by atoms with Crippen LogP contribution < -0.4 is 27.4 Å². The Balaban J connectivity index is 2.94. The number of carbonyl (C=O) groups excluding carboxylic acids is 3. The zero-order valence-electron chi connectivity index (χ0n) is 22.2.